The van der Waals surface area contributed by atoms with Gasteiger partial charge in [0.2, 0.25) is 5.91 Å². The molecule has 0 saturated carbocycles. The number of anilines is 2. The quantitative estimate of drug-likeness (QED) is 0.618. The third kappa shape index (κ3) is 3.75. The fourth-order valence-corrected chi connectivity index (χ4v) is 4.57. The van der Waals surface area contributed by atoms with E-state index in [1.165, 1.54) is 9.80 Å². The van der Waals surface area contributed by atoms with E-state index < -0.39 is 0 Å². The van der Waals surface area contributed by atoms with Gasteiger partial charge in [-0.2, -0.15) is 0 Å². The lowest BCUT2D eigenvalue weighted by Crippen LogP contribution is -3.19. The Morgan fingerprint density at radius 3 is 2.27 bits per heavy atom. The molecule has 1 N–H and O–H groups in total. The summed E-state index contributed by atoms with van der Waals surface area (Å²) < 4.78 is 0. The summed E-state index contributed by atoms with van der Waals surface area (Å²) in [6, 6.07) is 13.2. The van der Waals surface area contributed by atoms with E-state index >= 15 is 0 Å². The van der Waals surface area contributed by atoms with E-state index in [0.717, 1.165) is 43.0 Å². The van der Waals surface area contributed by atoms with Gasteiger partial charge in [0, 0.05) is 11.3 Å². The molecule has 6 nitrogen and oxygen atoms in total. The lowest BCUT2D eigenvalue weighted by atomic mass is 10.1. The number of imide groups is 1. The number of hydrogen-bond acceptors (Lipinski definition) is 4. The third-order valence-electron chi connectivity index (χ3n) is 6.28. The maximum atomic E-state index is 13.1. The normalized spacial score (nSPS) is 20.2. The zero-order valence-electron chi connectivity index (χ0n) is 17.8. The number of aryl methyl sites for hydroxylation is 2. The minimum atomic E-state index is -0.305. The monoisotopic (exact) mass is 406 g/mol. The van der Waals surface area contributed by atoms with E-state index in [1.807, 2.05) is 56.3 Å². The number of Topliss-reactive ketones (excluding diaryl/α,β-unsaturated/α-hetero) is 1. The van der Waals surface area contributed by atoms with Crippen molar-refractivity contribution in [2.75, 3.05) is 36.0 Å². The number of benzene rings is 2. The minimum Gasteiger partial charge on any atom is -0.360 e. The van der Waals surface area contributed by atoms with Gasteiger partial charge in [-0.1, -0.05) is 17.7 Å². The Bertz CT molecular complexity index is 991. The summed E-state index contributed by atoms with van der Waals surface area (Å²) in [6.07, 6.45) is 0.273. The van der Waals surface area contributed by atoms with Crippen LogP contribution < -0.4 is 14.7 Å². The van der Waals surface area contributed by atoms with Crippen molar-refractivity contribution in [1.82, 2.24) is 0 Å². The van der Waals surface area contributed by atoms with Gasteiger partial charge in [0.25, 0.3) is 5.91 Å². The number of rotatable bonds is 4. The predicted octanol–water partition coefficient (Wildman–Crippen LogP) is 1.54. The minimum absolute atomic E-state index is 0.0635. The third-order valence-corrected chi connectivity index (χ3v) is 6.28. The van der Waals surface area contributed by atoms with E-state index in [1.54, 1.807) is 6.92 Å². The SMILES string of the molecule is CC(=O)c1ccc(N2CC[NH+]([C@@H]3CC(=O)N(c4ccc(C)cc4C)C3=O)CC2)cc1. The molecule has 0 radical (unpaired) electrons. The topological polar surface area (TPSA) is 62.1 Å². The number of nitrogens with one attached hydrogen (secondary N) is 1. The Labute approximate surface area is 177 Å². The molecule has 2 aromatic carbocycles. The van der Waals surface area contributed by atoms with Crippen LogP contribution in [0.15, 0.2) is 42.5 Å². The summed E-state index contributed by atoms with van der Waals surface area (Å²) in [5.74, 6) is -0.124. The van der Waals surface area contributed by atoms with Crippen LogP contribution in [0, 0.1) is 13.8 Å². The van der Waals surface area contributed by atoms with Crippen molar-refractivity contribution in [1.29, 1.82) is 0 Å². The molecule has 30 heavy (non-hydrogen) atoms. The maximum Gasteiger partial charge on any atom is 0.292 e. The second-order valence-electron chi connectivity index (χ2n) is 8.36. The average molecular weight is 407 g/mol. The molecule has 2 aliphatic heterocycles. The summed E-state index contributed by atoms with van der Waals surface area (Å²) >= 11 is 0. The number of nitrogens with zero attached hydrogens (tertiary/aromatic N) is 2. The first-order chi connectivity index (χ1) is 14.3. The summed E-state index contributed by atoms with van der Waals surface area (Å²) in [6.45, 7) is 8.76. The van der Waals surface area contributed by atoms with Crippen molar-refractivity contribution in [3.63, 3.8) is 0 Å². The molecule has 2 aromatic rings. The van der Waals surface area contributed by atoms with Crippen molar-refractivity contribution in [2.45, 2.75) is 33.2 Å². The first-order valence-electron chi connectivity index (χ1n) is 10.5. The van der Waals surface area contributed by atoms with Gasteiger partial charge in [-0.05, 0) is 56.7 Å². The highest BCUT2D eigenvalue weighted by Gasteiger charge is 2.46. The van der Waals surface area contributed by atoms with Gasteiger partial charge in [0.1, 0.15) is 0 Å². The lowest BCUT2D eigenvalue weighted by molar-refractivity contribution is -0.915. The van der Waals surface area contributed by atoms with Gasteiger partial charge >= 0.3 is 0 Å². The molecule has 2 saturated heterocycles. The number of amides is 2. The molecule has 1 atom stereocenters. The molecular formula is C24H28N3O3+. The summed E-state index contributed by atoms with van der Waals surface area (Å²) in [5.41, 5.74) is 4.58. The zero-order valence-corrected chi connectivity index (χ0v) is 17.8. The molecule has 0 spiro atoms. The Balaban J connectivity index is 1.43. The van der Waals surface area contributed by atoms with E-state index in [4.69, 9.17) is 0 Å². The largest absolute Gasteiger partial charge is 0.360 e. The molecule has 0 unspecified atom stereocenters. The van der Waals surface area contributed by atoms with Crippen LogP contribution in [0.5, 0.6) is 0 Å². The predicted molar refractivity (Wildman–Crippen MR) is 116 cm³/mol. The highest BCUT2D eigenvalue weighted by atomic mass is 16.2. The summed E-state index contributed by atoms with van der Waals surface area (Å²) in [4.78, 5) is 42.2. The zero-order chi connectivity index (χ0) is 21.4. The van der Waals surface area contributed by atoms with Crippen LogP contribution in [-0.4, -0.2) is 49.8 Å². The Hall–Kier alpha value is -2.99. The number of hydrogen-bond donors (Lipinski definition) is 1. The van der Waals surface area contributed by atoms with Crippen LogP contribution in [0.2, 0.25) is 0 Å². The van der Waals surface area contributed by atoms with Crippen LogP contribution in [0.3, 0.4) is 0 Å². The maximum absolute atomic E-state index is 13.1. The van der Waals surface area contributed by atoms with Crippen molar-refractivity contribution in [3.05, 3.63) is 59.2 Å². The van der Waals surface area contributed by atoms with Crippen molar-refractivity contribution in [2.24, 2.45) is 0 Å². The average Bonchev–Trinajstić information content (AvgIpc) is 3.02. The molecule has 156 valence electrons. The fraction of sp³-hybridized carbons (Fsp3) is 0.375. The van der Waals surface area contributed by atoms with Gasteiger partial charge in [-0.25, -0.2) is 4.90 Å². The molecule has 0 aromatic heterocycles. The van der Waals surface area contributed by atoms with E-state index in [9.17, 15) is 14.4 Å². The number of piperazine rings is 1. The van der Waals surface area contributed by atoms with Crippen LogP contribution in [0.25, 0.3) is 0 Å². The second kappa shape index (κ2) is 8.03. The van der Waals surface area contributed by atoms with Gasteiger partial charge in [0.05, 0.1) is 38.3 Å². The first kappa shape index (κ1) is 20.3. The molecule has 2 aliphatic rings. The van der Waals surface area contributed by atoms with E-state index in [-0.39, 0.29) is 30.1 Å². The Kier molecular flexibility index (Phi) is 5.43. The molecule has 6 heteroatoms. The van der Waals surface area contributed by atoms with Gasteiger partial charge in [-0.15, -0.1) is 0 Å². The van der Waals surface area contributed by atoms with Crippen LogP contribution in [-0.2, 0) is 9.59 Å². The van der Waals surface area contributed by atoms with Crippen molar-refractivity contribution in [3.8, 4) is 0 Å². The Morgan fingerprint density at radius 1 is 1.00 bits per heavy atom. The summed E-state index contributed by atoms with van der Waals surface area (Å²) in [7, 11) is 0. The van der Waals surface area contributed by atoms with Crippen LogP contribution in [0.1, 0.15) is 34.8 Å². The molecule has 2 amide bonds. The molecular weight excluding hydrogens is 378 g/mol. The smallest absolute Gasteiger partial charge is 0.292 e. The summed E-state index contributed by atoms with van der Waals surface area (Å²) in [5, 5.41) is 0. The van der Waals surface area contributed by atoms with E-state index in [2.05, 4.69) is 4.90 Å². The molecule has 0 aliphatic carbocycles. The molecule has 2 fully saturated rings. The molecule has 0 bridgehead atoms. The van der Waals surface area contributed by atoms with Crippen molar-refractivity contribution < 1.29 is 19.3 Å². The number of quaternary nitrogens is 1. The standard InChI is InChI=1S/C24H27N3O3/c1-16-4-9-21(17(2)14-16)27-23(29)15-22(24(27)30)26-12-10-25(11-13-26)20-7-5-19(6-8-20)18(3)28/h4-9,14,22H,10-13,15H2,1-3H3/p+1/t22-/m1/s1. The van der Waals surface area contributed by atoms with Crippen LogP contribution in [0.4, 0.5) is 11.4 Å². The molecule has 4 rings (SSSR count). The number of ketones is 1. The Morgan fingerprint density at radius 2 is 1.67 bits per heavy atom. The highest BCUT2D eigenvalue weighted by molar-refractivity contribution is 6.22. The van der Waals surface area contributed by atoms with E-state index in [0.29, 0.717) is 11.3 Å². The van der Waals surface area contributed by atoms with Gasteiger partial charge in [-0.3, -0.25) is 14.4 Å². The highest BCUT2D eigenvalue weighted by Crippen LogP contribution is 2.26. The first-order valence-corrected chi connectivity index (χ1v) is 10.5. The van der Waals surface area contributed by atoms with Gasteiger partial charge < -0.3 is 9.80 Å². The number of carbonyl (C=O) groups is 3. The fourth-order valence-electron chi connectivity index (χ4n) is 4.57. The second-order valence-corrected chi connectivity index (χ2v) is 8.36. The van der Waals surface area contributed by atoms with Crippen LogP contribution >= 0.6 is 0 Å². The number of carbonyl (C=O) groups excluding carboxylic acids is 3. The van der Waals surface area contributed by atoms with Crippen molar-refractivity contribution >= 4 is 29.0 Å². The van der Waals surface area contributed by atoms with Gasteiger partial charge in [0.15, 0.2) is 11.8 Å². The molecule has 2 heterocycles. The lowest BCUT2D eigenvalue weighted by Gasteiger charge is -2.35.